The zero-order chi connectivity index (χ0) is 28.3. The molecule has 208 valence electrons. The van der Waals surface area contributed by atoms with Crippen molar-refractivity contribution >= 4 is 51.0 Å². The minimum absolute atomic E-state index is 0.257. The average molecular weight is 608 g/mol. The highest BCUT2D eigenvalue weighted by Crippen LogP contribution is 2.32. The molecule has 1 aliphatic heterocycles. The van der Waals surface area contributed by atoms with Crippen molar-refractivity contribution in [3.8, 4) is 0 Å². The highest BCUT2D eigenvalue weighted by Gasteiger charge is 2.29. The summed E-state index contributed by atoms with van der Waals surface area (Å²) in [5.74, 6) is 0.351. The summed E-state index contributed by atoms with van der Waals surface area (Å²) in [4.78, 5) is 40.3. The molecule has 1 fully saturated rings. The SMILES string of the molecule is CC(C)(C)OC(=O)N(c1ccc(N2CCN(C(=O)OCc3ccccc3)CC2)cc1)c1nc(Br)cn2ccnc12. The zero-order valence-corrected chi connectivity index (χ0v) is 24.2. The quantitative estimate of drug-likeness (QED) is 0.274. The number of benzene rings is 2. The standard InChI is InChI=1S/C29H31BrN6O4/c1-29(2,3)40-28(38)36(26-25-31-13-14-35(25)19-24(30)32-26)23-11-9-22(10-12-23)33-15-17-34(18-16-33)27(37)39-20-21-7-5-4-6-8-21/h4-14,19H,15-18,20H2,1-3H3. The van der Waals surface area contributed by atoms with Gasteiger partial charge in [0.25, 0.3) is 0 Å². The van der Waals surface area contributed by atoms with Crippen LogP contribution in [0.5, 0.6) is 0 Å². The summed E-state index contributed by atoms with van der Waals surface area (Å²) in [7, 11) is 0. The smallest absolute Gasteiger partial charge is 0.420 e. The summed E-state index contributed by atoms with van der Waals surface area (Å²) in [5, 5.41) is 0. The second kappa shape index (κ2) is 11.5. The van der Waals surface area contributed by atoms with Crippen LogP contribution in [-0.2, 0) is 16.1 Å². The lowest BCUT2D eigenvalue weighted by atomic mass is 10.2. The maximum Gasteiger partial charge on any atom is 0.420 e. The fourth-order valence-electron chi connectivity index (χ4n) is 4.43. The molecule has 0 N–H and O–H groups in total. The predicted octanol–water partition coefficient (Wildman–Crippen LogP) is 6.02. The summed E-state index contributed by atoms with van der Waals surface area (Å²) in [6.07, 6.45) is 4.36. The van der Waals surface area contributed by atoms with Gasteiger partial charge in [0, 0.05) is 50.5 Å². The van der Waals surface area contributed by atoms with E-state index in [4.69, 9.17) is 9.47 Å². The number of halogens is 1. The fraction of sp³-hybridized carbons (Fsp3) is 0.310. The number of carbonyl (C=O) groups excluding carboxylic acids is 2. The first-order valence-electron chi connectivity index (χ1n) is 13.0. The third-order valence-corrected chi connectivity index (χ3v) is 6.71. The molecule has 3 heterocycles. The normalized spacial score (nSPS) is 13.8. The second-order valence-electron chi connectivity index (χ2n) is 10.4. The number of aromatic nitrogens is 3. The molecule has 1 saturated heterocycles. The monoisotopic (exact) mass is 606 g/mol. The molecule has 4 aromatic rings. The van der Waals surface area contributed by atoms with E-state index in [1.54, 1.807) is 27.9 Å². The van der Waals surface area contributed by atoms with Crippen LogP contribution in [0.1, 0.15) is 26.3 Å². The third kappa shape index (κ3) is 6.36. The van der Waals surface area contributed by atoms with Gasteiger partial charge in [-0.15, -0.1) is 0 Å². The van der Waals surface area contributed by atoms with E-state index in [-0.39, 0.29) is 12.7 Å². The van der Waals surface area contributed by atoms with Crippen LogP contribution in [0, 0.1) is 0 Å². The molecule has 0 saturated carbocycles. The van der Waals surface area contributed by atoms with Crippen molar-refractivity contribution in [3.63, 3.8) is 0 Å². The lowest BCUT2D eigenvalue weighted by Crippen LogP contribution is -2.48. The van der Waals surface area contributed by atoms with Gasteiger partial charge in [0.2, 0.25) is 0 Å². The fourth-order valence-corrected chi connectivity index (χ4v) is 4.82. The van der Waals surface area contributed by atoms with E-state index in [9.17, 15) is 9.59 Å². The molecular formula is C29H31BrN6O4. The molecule has 0 spiro atoms. The van der Waals surface area contributed by atoms with Crippen molar-refractivity contribution in [1.29, 1.82) is 0 Å². The Kier molecular flexibility index (Phi) is 7.92. The van der Waals surface area contributed by atoms with Gasteiger partial charge in [-0.05, 0) is 66.5 Å². The van der Waals surface area contributed by atoms with Gasteiger partial charge in [-0.2, -0.15) is 0 Å². The Labute approximate surface area is 241 Å². The minimum atomic E-state index is -0.699. The first kappa shape index (κ1) is 27.4. The van der Waals surface area contributed by atoms with Gasteiger partial charge in [-0.1, -0.05) is 30.3 Å². The van der Waals surface area contributed by atoms with E-state index in [0.29, 0.717) is 47.9 Å². The molecule has 10 nitrogen and oxygen atoms in total. The Balaban J connectivity index is 1.30. The van der Waals surface area contributed by atoms with Gasteiger partial charge in [-0.3, -0.25) is 0 Å². The van der Waals surface area contributed by atoms with Crippen LogP contribution in [0.2, 0.25) is 0 Å². The van der Waals surface area contributed by atoms with Gasteiger partial charge in [0.05, 0.1) is 5.69 Å². The molecule has 5 rings (SSSR count). The van der Waals surface area contributed by atoms with Gasteiger partial charge >= 0.3 is 12.2 Å². The van der Waals surface area contributed by atoms with Crippen molar-refractivity contribution < 1.29 is 19.1 Å². The predicted molar refractivity (Wildman–Crippen MR) is 156 cm³/mol. The number of hydrogen-bond donors (Lipinski definition) is 0. The van der Waals surface area contributed by atoms with Crippen molar-refractivity contribution in [1.82, 2.24) is 19.3 Å². The van der Waals surface area contributed by atoms with Crippen molar-refractivity contribution in [3.05, 3.63) is 83.4 Å². The lowest BCUT2D eigenvalue weighted by Gasteiger charge is -2.35. The molecule has 2 amide bonds. The summed E-state index contributed by atoms with van der Waals surface area (Å²) < 4.78 is 13.6. The van der Waals surface area contributed by atoms with E-state index in [2.05, 4.69) is 30.8 Å². The summed E-state index contributed by atoms with van der Waals surface area (Å²) in [5.41, 5.74) is 2.36. The molecule has 2 aromatic heterocycles. The number of amides is 2. The highest BCUT2D eigenvalue weighted by molar-refractivity contribution is 9.10. The molecule has 0 aliphatic carbocycles. The number of hydrogen-bond acceptors (Lipinski definition) is 7. The number of carbonyl (C=O) groups is 2. The maximum atomic E-state index is 13.4. The van der Waals surface area contributed by atoms with Gasteiger partial charge in [0.1, 0.15) is 16.8 Å². The minimum Gasteiger partial charge on any atom is -0.445 e. The summed E-state index contributed by atoms with van der Waals surface area (Å²) in [6, 6.07) is 17.3. The van der Waals surface area contributed by atoms with Gasteiger partial charge < -0.3 is 23.7 Å². The van der Waals surface area contributed by atoms with Crippen molar-refractivity contribution in [2.45, 2.75) is 33.0 Å². The van der Waals surface area contributed by atoms with Crippen LogP contribution in [0.4, 0.5) is 26.8 Å². The van der Waals surface area contributed by atoms with E-state index >= 15 is 0 Å². The zero-order valence-electron chi connectivity index (χ0n) is 22.7. The van der Waals surface area contributed by atoms with Crippen LogP contribution in [0.3, 0.4) is 0 Å². The Hall–Kier alpha value is -4.12. The summed E-state index contributed by atoms with van der Waals surface area (Å²) >= 11 is 3.44. The van der Waals surface area contributed by atoms with Crippen LogP contribution in [-0.4, -0.2) is 63.2 Å². The largest absolute Gasteiger partial charge is 0.445 e. The van der Waals surface area contributed by atoms with Crippen LogP contribution < -0.4 is 9.80 Å². The van der Waals surface area contributed by atoms with Gasteiger partial charge in [-0.25, -0.2) is 24.5 Å². The Morgan fingerprint density at radius 1 is 1.00 bits per heavy atom. The second-order valence-corrected chi connectivity index (χ2v) is 11.2. The van der Waals surface area contributed by atoms with E-state index in [1.165, 1.54) is 4.90 Å². The molecule has 0 unspecified atom stereocenters. The Morgan fingerprint density at radius 3 is 2.38 bits per heavy atom. The number of imidazole rings is 1. The first-order valence-corrected chi connectivity index (χ1v) is 13.8. The Morgan fingerprint density at radius 2 is 1.70 bits per heavy atom. The number of nitrogens with zero attached hydrogens (tertiary/aromatic N) is 6. The van der Waals surface area contributed by atoms with Crippen LogP contribution >= 0.6 is 15.9 Å². The van der Waals surface area contributed by atoms with Crippen molar-refractivity contribution in [2.75, 3.05) is 36.0 Å². The van der Waals surface area contributed by atoms with E-state index in [0.717, 1.165) is 11.3 Å². The maximum absolute atomic E-state index is 13.4. The molecule has 2 aromatic carbocycles. The van der Waals surface area contributed by atoms with Crippen LogP contribution in [0.25, 0.3) is 5.65 Å². The number of rotatable bonds is 5. The molecule has 11 heteroatoms. The molecule has 0 radical (unpaired) electrons. The Bertz CT molecular complexity index is 1480. The van der Waals surface area contributed by atoms with Gasteiger partial charge in [0.15, 0.2) is 11.5 Å². The highest BCUT2D eigenvalue weighted by atomic mass is 79.9. The van der Waals surface area contributed by atoms with E-state index < -0.39 is 11.7 Å². The average Bonchev–Trinajstić information content (AvgIpc) is 3.40. The summed E-state index contributed by atoms with van der Waals surface area (Å²) in [6.45, 7) is 8.16. The lowest BCUT2D eigenvalue weighted by molar-refractivity contribution is 0.0598. The molecule has 0 bridgehead atoms. The molecule has 40 heavy (non-hydrogen) atoms. The molecular weight excluding hydrogens is 576 g/mol. The molecule has 1 aliphatic rings. The third-order valence-electron chi connectivity index (χ3n) is 6.33. The number of piperazine rings is 1. The first-order chi connectivity index (χ1) is 19.2. The van der Waals surface area contributed by atoms with Crippen molar-refractivity contribution in [2.24, 2.45) is 0 Å². The van der Waals surface area contributed by atoms with Crippen LogP contribution in [0.15, 0.2) is 77.8 Å². The topological polar surface area (TPSA) is 92.5 Å². The number of anilines is 3. The number of ether oxygens (including phenoxy) is 2. The van der Waals surface area contributed by atoms with E-state index in [1.807, 2.05) is 75.4 Å². The number of fused-ring (bicyclic) bond motifs is 1. The molecule has 0 atom stereocenters.